The zero-order valence-electron chi connectivity index (χ0n) is 14.8. The van der Waals surface area contributed by atoms with E-state index in [0.717, 1.165) is 4.90 Å². The van der Waals surface area contributed by atoms with Gasteiger partial charge in [0.15, 0.2) is 0 Å². The number of carbonyl (C=O) groups is 3. The van der Waals surface area contributed by atoms with Crippen molar-refractivity contribution in [1.82, 2.24) is 4.90 Å². The fraction of sp³-hybridized carbons (Fsp3) is 0.167. The molecule has 0 saturated carbocycles. The molecule has 28 heavy (non-hydrogen) atoms. The number of methoxy groups -OCH3 is 1. The van der Waals surface area contributed by atoms with E-state index in [1.165, 1.54) is 30.2 Å². The largest absolute Gasteiger partial charge is 0.496 e. The van der Waals surface area contributed by atoms with Crippen LogP contribution in [0.4, 0.5) is 21.9 Å². The number of nitrogens with zero attached hydrogens (tertiary/aromatic N) is 3. The second-order valence-electron chi connectivity index (χ2n) is 5.87. The van der Waals surface area contributed by atoms with Crippen molar-refractivity contribution in [3.63, 3.8) is 0 Å². The Kier molecular flexibility index (Phi) is 5.21. The molecule has 10 nitrogen and oxygen atoms in total. The lowest BCUT2D eigenvalue weighted by molar-refractivity contribution is -0.384. The Morgan fingerprint density at radius 1 is 1.21 bits per heavy atom. The maximum absolute atomic E-state index is 12.5. The second-order valence-corrected chi connectivity index (χ2v) is 5.87. The number of amides is 4. The normalized spacial score (nSPS) is 13.6. The third-order valence-electron chi connectivity index (χ3n) is 4.10. The van der Waals surface area contributed by atoms with Crippen molar-refractivity contribution in [2.24, 2.45) is 0 Å². The molecule has 0 aliphatic carbocycles. The molecule has 2 aromatic carbocycles. The van der Waals surface area contributed by atoms with Gasteiger partial charge in [-0.3, -0.25) is 29.5 Å². The standard InChI is InChI=1S/C18H16N4O6/c1-28-13-7-8-14(15(9-13)22(26)27)19-16(23)10-21-17(24)11-20(18(21)25)12-5-3-2-4-6-12/h2-9H,10-11H2,1H3,(H,19,23). The summed E-state index contributed by atoms with van der Waals surface area (Å²) in [6.07, 6.45) is 0. The monoisotopic (exact) mass is 384 g/mol. The lowest BCUT2D eigenvalue weighted by Crippen LogP contribution is -2.39. The Labute approximate surface area is 159 Å². The lowest BCUT2D eigenvalue weighted by atomic mass is 10.2. The minimum Gasteiger partial charge on any atom is -0.496 e. The first-order valence-electron chi connectivity index (χ1n) is 8.20. The number of benzene rings is 2. The third-order valence-corrected chi connectivity index (χ3v) is 4.10. The van der Waals surface area contributed by atoms with Crippen molar-refractivity contribution in [1.29, 1.82) is 0 Å². The average molecular weight is 384 g/mol. The summed E-state index contributed by atoms with van der Waals surface area (Å²) < 4.78 is 4.93. The van der Waals surface area contributed by atoms with Crippen LogP contribution < -0.4 is 15.0 Å². The summed E-state index contributed by atoms with van der Waals surface area (Å²) >= 11 is 0. The van der Waals surface area contributed by atoms with E-state index in [-0.39, 0.29) is 23.7 Å². The highest BCUT2D eigenvalue weighted by Crippen LogP contribution is 2.29. The summed E-state index contributed by atoms with van der Waals surface area (Å²) in [5.74, 6) is -1.01. The van der Waals surface area contributed by atoms with Crippen LogP contribution in [0, 0.1) is 10.1 Å². The summed E-state index contributed by atoms with van der Waals surface area (Å²) in [5.41, 5.74) is 0.113. The molecule has 1 saturated heterocycles. The predicted molar refractivity (Wildman–Crippen MR) is 99.2 cm³/mol. The number of nitro groups is 1. The minimum atomic E-state index is -0.732. The van der Waals surface area contributed by atoms with Crippen molar-refractivity contribution >= 4 is 34.9 Å². The first-order valence-corrected chi connectivity index (χ1v) is 8.20. The van der Waals surface area contributed by atoms with Crippen molar-refractivity contribution in [2.75, 3.05) is 30.4 Å². The Balaban J connectivity index is 1.72. The molecule has 0 bridgehead atoms. The van der Waals surface area contributed by atoms with Gasteiger partial charge in [0.25, 0.3) is 11.6 Å². The summed E-state index contributed by atoms with van der Waals surface area (Å²) in [5, 5.41) is 13.6. The number of para-hydroxylation sites is 1. The first-order chi connectivity index (χ1) is 13.4. The highest BCUT2D eigenvalue weighted by atomic mass is 16.6. The van der Waals surface area contributed by atoms with Crippen LogP contribution >= 0.6 is 0 Å². The molecular formula is C18H16N4O6. The van der Waals surface area contributed by atoms with Crippen LogP contribution in [0.15, 0.2) is 48.5 Å². The van der Waals surface area contributed by atoms with Crippen molar-refractivity contribution in [2.45, 2.75) is 0 Å². The number of urea groups is 1. The molecule has 0 atom stereocenters. The van der Waals surface area contributed by atoms with E-state index in [2.05, 4.69) is 5.32 Å². The van der Waals surface area contributed by atoms with E-state index in [1.54, 1.807) is 30.3 Å². The van der Waals surface area contributed by atoms with Crippen LogP contribution in [0.25, 0.3) is 0 Å². The van der Waals surface area contributed by atoms with Crippen LogP contribution in [-0.4, -0.2) is 47.9 Å². The molecule has 1 aliphatic heterocycles. The van der Waals surface area contributed by atoms with Gasteiger partial charge in [-0.15, -0.1) is 0 Å². The Morgan fingerprint density at radius 3 is 2.57 bits per heavy atom. The van der Waals surface area contributed by atoms with Gasteiger partial charge in [0.2, 0.25) is 5.91 Å². The van der Waals surface area contributed by atoms with Crippen LogP contribution in [0.3, 0.4) is 0 Å². The number of hydrogen-bond donors (Lipinski definition) is 1. The molecule has 0 spiro atoms. The molecule has 0 radical (unpaired) electrons. The number of hydrogen-bond acceptors (Lipinski definition) is 6. The quantitative estimate of drug-likeness (QED) is 0.462. The molecule has 1 heterocycles. The van der Waals surface area contributed by atoms with Gasteiger partial charge < -0.3 is 10.1 Å². The molecule has 4 amide bonds. The SMILES string of the molecule is COc1ccc(NC(=O)CN2C(=O)CN(c3ccccc3)C2=O)c([N+](=O)[O-])c1. The highest BCUT2D eigenvalue weighted by molar-refractivity contribution is 6.14. The minimum absolute atomic E-state index is 0.0604. The van der Waals surface area contributed by atoms with Crippen LogP contribution in [0.2, 0.25) is 0 Å². The number of anilines is 2. The maximum atomic E-state index is 12.5. The molecule has 1 fully saturated rings. The number of imide groups is 1. The number of carbonyl (C=O) groups excluding carboxylic acids is 3. The van der Waals surface area contributed by atoms with E-state index >= 15 is 0 Å². The van der Waals surface area contributed by atoms with Crippen molar-refractivity contribution in [3.05, 3.63) is 58.6 Å². The van der Waals surface area contributed by atoms with Crippen molar-refractivity contribution in [3.8, 4) is 5.75 Å². The smallest absolute Gasteiger partial charge is 0.332 e. The second kappa shape index (κ2) is 7.74. The first kappa shape index (κ1) is 18.8. The zero-order valence-corrected chi connectivity index (χ0v) is 14.8. The van der Waals surface area contributed by atoms with E-state index in [1.807, 2.05) is 0 Å². The van der Waals surface area contributed by atoms with Gasteiger partial charge in [0, 0.05) is 5.69 Å². The third kappa shape index (κ3) is 3.75. The van der Waals surface area contributed by atoms with E-state index in [4.69, 9.17) is 4.74 Å². The van der Waals surface area contributed by atoms with Gasteiger partial charge in [-0.2, -0.15) is 0 Å². The number of nitro benzene ring substituents is 1. The molecule has 0 unspecified atom stereocenters. The molecule has 144 valence electrons. The van der Waals surface area contributed by atoms with Gasteiger partial charge >= 0.3 is 6.03 Å². The molecule has 10 heteroatoms. The Morgan fingerprint density at radius 2 is 1.93 bits per heavy atom. The molecule has 1 aliphatic rings. The van der Waals surface area contributed by atoms with Crippen LogP contribution in [-0.2, 0) is 9.59 Å². The van der Waals surface area contributed by atoms with Gasteiger partial charge in [0.1, 0.15) is 24.5 Å². The van der Waals surface area contributed by atoms with Gasteiger partial charge in [-0.25, -0.2) is 4.79 Å². The lowest BCUT2D eigenvalue weighted by Gasteiger charge is -2.17. The molecule has 3 rings (SSSR count). The average Bonchev–Trinajstić information content (AvgIpc) is 2.97. The Bertz CT molecular complexity index is 946. The van der Waals surface area contributed by atoms with Crippen LogP contribution in [0.5, 0.6) is 5.75 Å². The summed E-state index contributed by atoms with van der Waals surface area (Å²) in [4.78, 5) is 49.6. The van der Waals surface area contributed by atoms with Gasteiger partial charge in [-0.05, 0) is 24.3 Å². The zero-order chi connectivity index (χ0) is 20.3. The van der Waals surface area contributed by atoms with Gasteiger partial charge in [0.05, 0.1) is 18.1 Å². The van der Waals surface area contributed by atoms with Crippen LogP contribution in [0.1, 0.15) is 0 Å². The Hall–Kier alpha value is -3.95. The molecule has 0 aromatic heterocycles. The molecule has 1 N–H and O–H groups in total. The highest BCUT2D eigenvalue weighted by Gasteiger charge is 2.38. The fourth-order valence-corrected chi connectivity index (χ4v) is 2.73. The maximum Gasteiger partial charge on any atom is 0.332 e. The topological polar surface area (TPSA) is 122 Å². The summed E-state index contributed by atoms with van der Waals surface area (Å²) in [6.45, 7) is -0.733. The predicted octanol–water partition coefficient (Wildman–Crippen LogP) is 2.01. The molecule has 2 aromatic rings. The molecular weight excluding hydrogens is 368 g/mol. The number of rotatable bonds is 6. The van der Waals surface area contributed by atoms with E-state index in [9.17, 15) is 24.5 Å². The summed E-state index contributed by atoms with van der Waals surface area (Å²) in [7, 11) is 1.36. The number of nitrogens with one attached hydrogen (secondary N) is 1. The van der Waals surface area contributed by atoms with E-state index < -0.39 is 29.3 Å². The summed E-state index contributed by atoms with van der Waals surface area (Å²) in [6, 6.07) is 11.9. The fourth-order valence-electron chi connectivity index (χ4n) is 2.73. The van der Waals surface area contributed by atoms with E-state index in [0.29, 0.717) is 5.69 Å². The van der Waals surface area contributed by atoms with Gasteiger partial charge in [-0.1, -0.05) is 18.2 Å². The van der Waals surface area contributed by atoms with Crippen molar-refractivity contribution < 1.29 is 24.0 Å². The number of ether oxygens (including phenoxy) is 1.